The van der Waals surface area contributed by atoms with Crippen LogP contribution >= 0.6 is 0 Å². The number of hydrogen-bond acceptors (Lipinski definition) is 5. The second-order valence-corrected chi connectivity index (χ2v) is 5.65. The summed E-state index contributed by atoms with van der Waals surface area (Å²) in [6, 6.07) is 7.94. The molecule has 0 bridgehead atoms. The van der Waals surface area contributed by atoms with Gasteiger partial charge in [-0.05, 0) is 33.4 Å². The van der Waals surface area contributed by atoms with Crippen LogP contribution in [0.5, 0.6) is 0 Å². The van der Waals surface area contributed by atoms with Gasteiger partial charge in [-0.1, -0.05) is 29.4 Å². The lowest BCUT2D eigenvalue weighted by Gasteiger charge is -2.32. The first-order valence-corrected chi connectivity index (χ1v) is 6.65. The van der Waals surface area contributed by atoms with Crippen molar-refractivity contribution >= 4 is 0 Å². The van der Waals surface area contributed by atoms with Gasteiger partial charge in [0.15, 0.2) is 0 Å². The van der Waals surface area contributed by atoms with Gasteiger partial charge < -0.3 is 9.63 Å². The van der Waals surface area contributed by atoms with Crippen molar-refractivity contribution in [1.82, 2.24) is 15.0 Å². The van der Waals surface area contributed by atoms with Gasteiger partial charge in [0.25, 0.3) is 0 Å². The fourth-order valence-corrected chi connectivity index (χ4v) is 1.79. The molecule has 0 saturated heterocycles. The van der Waals surface area contributed by atoms with E-state index < -0.39 is 0 Å². The fraction of sp³-hybridized carbons (Fsp3) is 0.467. The summed E-state index contributed by atoms with van der Waals surface area (Å²) in [5.74, 6) is 1.15. The summed E-state index contributed by atoms with van der Waals surface area (Å²) in [5.41, 5.74) is 1.77. The largest absolute Gasteiger partial charge is 0.394 e. The Balaban J connectivity index is 2.16. The van der Waals surface area contributed by atoms with E-state index in [0.29, 0.717) is 18.3 Å². The van der Waals surface area contributed by atoms with Crippen molar-refractivity contribution in [2.45, 2.75) is 32.9 Å². The molecule has 0 unspecified atom stereocenters. The SMILES string of the molecule is Cc1ccccc1-c1noc(CN(C)C(C)(C)CO)n1. The first kappa shape index (κ1) is 14.7. The van der Waals surface area contributed by atoms with Crippen molar-refractivity contribution in [2.75, 3.05) is 13.7 Å². The maximum atomic E-state index is 9.35. The minimum absolute atomic E-state index is 0.0717. The molecule has 0 amide bonds. The van der Waals surface area contributed by atoms with Gasteiger partial charge in [-0.2, -0.15) is 4.98 Å². The number of aryl methyl sites for hydroxylation is 1. The molecule has 5 nitrogen and oxygen atoms in total. The first-order chi connectivity index (χ1) is 9.44. The molecule has 0 aliphatic carbocycles. The molecule has 0 aliphatic rings. The zero-order valence-electron chi connectivity index (χ0n) is 12.4. The van der Waals surface area contributed by atoms with E-state index in [1.807, 2.05) is 57.0 Å². The molecule has 1 aromatic carbocycles. The standard InChI is InChI=1S/C15H21N3O2/c1-11-7-5-6-8-12(11)14-16-13(20-17-14)9-18(4)15(2,3)10-19/h5-8,19H,9-10H2,1-4H3. The molecule has 20 heavy (non-hydrogen) atoms. The molecule has 2 rings (SSSR count). The Morgan fingerprint density at radius 1 is 1.30 bits per heavy atom. The van der Waals surface area contributed by atoms with Crippen molar-refractivity contribution in [1.29, 1.82) is 0 Å². The van der Waals surface area contributed by atoms with E-state index in [4.69, 9.17) is 4.52 Å². The van der Waals surface area contributed by atoms with Crippen molar-refractivity contribution in [3.8, 4) is 11.4 Å². The predicted molar refractivity (Wildman–Crippen MR) is 77.1 cm³/mol. The zero-order chi connectivity index (χ0) is 14.8. The lowest BCUT2D eigenvalue weighted by Crippen LogP contribution is -2.43. The van der Waals surface area contributed by atoms with Crippen LogP contribution in [0.2, 0.25) is 0 Å². The van der Waals surface area contributed by atoms with Crippen molar-refractivity contribution < 1.29 is 9.63 Å². The third-order valence-corrected chi connectivity index (χ3v) is 3.65. The van der Waals surface area contributed by atoms with E-state index in [0.717, 1.165) is 11.1 Å². The smallest absolute Gasteiger partial charge is 0.241 e. The number of aliphatic hydroxyl groups is 1. The average Bonchev–Trinajstić information content (AvgIpc) is 2.87. The fourth-order valence-electron chi connectivity index (χ4n) is 1.79. The van der Waals surface area contributed by atoms with E-state index >= 15 is 0 Å². The molecule has 0 atom stereocenters. The van der Waals surface area contributed by atoms with Crippen molar-refractivity contribution in [2.24, 2.45) is 0 Å². The maximum Gasteiger partial charge on any atom is 0.241 e. The number of hydrogen-bond donors (Lipinski definition) is 1. The molecule has 0 radical (unpaired) electrons. The molecular weight excluding hydrogens is 254 g/mol. The first-order valence-electron chi connectivity index (χ1n) is 6.65. The third kappa shape index (κ3) is 3.05. The number of aromatic nitrogens is 2. The van der Waals surface area contributed by atoms with Gasteiger partial charge in [0, 0.05) is 11.1 Å². The molecule has 2 aromatic rings. The number of rotatable bonds is 5. The van der Waals surface area contributed by atoms with Crippen LogP contribution in [0.15, 0.2) is 28.8 Å². The molecule has 0 spiro atoms. The number of aliphatic hydroxyl groups excluding tert-OH is 1. The molecule has 0 aliphatic heterocycles. The Kier molecular flexibility index (Phi) is 4.20. The van der Waals surface area contributed by atoms with Crippen LogP contribution < -0.4 is 0 Å². The molecule has 108 valence electrons. The number of benzene rings is 1. The quantitative estimate of drug-likeness (QED) is 0.906. The summed E-state index contributed by atoms with van der Waals surface area (Å²) in [7, 11) is 1.92. The van der Waals surface area contributed by atoms with Crippen LogP contribution in [0.1, 0.15) is 25.3 Å². The summed E-state index contributed by atoms with van der Waals surface area (Å²) >= 11 is 0. The minimum atomic E-state index is -0.322. The summed E-state index contributed by atoms with van der Waals surface area (Å²) < 4.78 is 5.30. The summed E-state index contributed by atoms with van der Waals surface area (Å²) in [5, 5.41) is 13.4. The normalized spacial score (nSPS) is 12.1. The Labute approximate surface area is 119 Å². The van der Waals surface area contributed by atoms with Gasteiger partial charge in [0.1, 0.15) is 0 Å². The van der Waals surface area contributed by atoms with E-state index in [1.165, 1.54) is 0 Å². The summed E-state index contributed by atoms with van der Waals surface area (Å²) in [4.78, 5) is 6.42. The summed E-state index contributed by atoms with van der Waals surface area (Å²) in [6.07, 6.45) is 0. The topological polar surface area (TPSA) is 62.4 Å². The Morgan fingerprint density at radius 2 is 2.00 bits per heavy atom. The van der Waals surface area contributed by atoms with E-state index in [2.05, 4.69) is 10.1 Å². The van der Waals surface area contributed by atoms with Gasteiger partial charge in [-0.3, -0.25) is 4.90 Å². The zero-order valence-corrected chi connectivity index (χ0v) is 12.4. The van der Waals surface area contributed by atoms with Crippen molar-refractivity contribution in [3.63, 3.8) is 0 Å². The lowest BCUT2D eigenvalue weighted by atomic mass is 10.1. The van der Waals surface area contributed by atoms with E-state index in [1.54, 1.807) is 0 Å². The van der Waals surface area contributed by atoms with Gasteiger partial charge in [-0.25, -0.2) is 0 Å². The Bertz CT molecular complexity index is 578. The van der Waals surface area contributed by atoms with E-state index in [9.17, 15) is 5.11 Å². The van der Waals surface area contributed by atoms with Crippen molar-refractivity contribution in [3.05, 3.63) is 35.7 Å². The molecule has 5 heteroatoms. The molecule has 0 fully saturated rings. The van der Waals surface area contributed by atoms with Crippen LogP contribution in [-0.2, 0) is 6.54 Å². The average molecular weight is 275 g/mol. The minimum Gasteiger partial charge on any atom is -0.394 e. The van der Waals surface area contributed by atoms with Crippen LogP contribution in [0.4, 0.5) is 0 Å². The van der Waals surface area contributed by atoms with Gasteiger partial charge in [0.05, 0.1) is 13.2 Å². The monoisotopic (exact) mass is 275 g/mol. The molecular formula is C15H21N3O2. The highest BCUT2D eigenvalue weighted by atomic mass is 16.5. The van der Waals surface area contributed by atoms with Crippen LogP contribution in [-0.4, -0.2) is 39.3 Å². The maximum absolute atomic E-state index is 9.35. The molecule has 1 aromatic heterocycles. The van der Waals surface area contributed by atoms with Gasteiger partial charge >= 0.3 is 0 Å². The van der Waals surface area contributed by atoms with Crippen LogP contribution in [0, 0.1) is 6.92 Å². The van der Waals surface area contributed by atoms with Gasteiger partial charge in [0.2, 0.25) is 11.7 Å². The number of likely N-dealkylation sites (N-methyl/N-ethyl adjacent to an activating group) is 1. The highest BCUT2D eigenvalue weighted by Gasteiger charge is 2.24. The van der Waals surface area contributed by atoms with E-state index in [-0.39, 0.29) is 12.1 Å². The third-order valence-electron chi connectivity index (χ3n) is 3.65. The molecule has 1 heterocycles. The predicted octanol–water partition coefficient (Wildman–Crippen LogP) is 2.25. The summed E-state index contributed by atoms with van der Waals surface area (Å²) in [6.45, 7) is 6.53. The highest BCUT2D eigenvalue weighted by molar-refractivity contribution is 5.58. The Morgan fingerprint density at radius 3 is 2.65 bits per heavy atom. The van der Waals surface area contributed by atoms with Gasteiger partial charge in [-0.15, -0.1) is 0 Å². The molecule has 1 N–H and O–H groups in total. The number of nitrogens with zero attached hydrogens (tertiary/aromatic N) is 3. The lowest BCUT2D eigenvalue weighted by molar-refractivity contribution is 0.0652. The second kappa shape index (κ2) is 5.73. The molecule has 0 saturated carbocycles. The van der Waals surface area contributed by atoms with Crippen LogP contribution in [0.25, 0.3) is 11.4 Å². The Hall–Kier alpha value is -1.72. The second-order valence-electron chi connectivity index (χ2n) is 5.65. The highest BCUT2D eigenvalue weighted by Crippen LogP contribution is 2.21. The van der Waals surface area contributed by atoms with Crippen LogP contribution in [0.3, 0.4) is 0 Å².